The lowest BCUT2D eigenvalue weighted by atomic mass is 10.0. The molecule has 0 aromatic heterocycles. The van der Waals surface area contributed by atoms with Crippen LogP contribution in [0.3, 0.4) is 0 Å². The predicted molar refractivity (Wildman–Crippen MR) is 114 cm³/mol. The van der Waals surface area contributed by atoms with E-state index in [1.54, 1.807) is 0 Å². The molecule has 0 saturated carbocycles. The number of benzene rings is 1. The summed E-state index contributed by atoms with van der Waals surface area (Å²) in [6, 6.07) is 4.34. The number of hydrogen-bond donors (Lipinski definition) is 1. The summed E-state index contributed by atoms with van der Waals surface area (Å²) in [5, 5.41) is 2.78. The Labute approximate surface area is 174 Å². The molecular weight excluding hydrogens is 375 g/mol. The van der Waals surface area contributed by atoms with Crippen LogP contribution in [-0.2, 0) is 6.18 Å². The minimum Gasteiger partial charge on any atom is -0.352 e. The van der Waals surface area contributed by atoms with Gasteiger partial charge in [-0.1, -0.05) is 90.4 Å². The first-order valence-electron chi connectivity index (χ1n) is 11.4. The number of hydrogen-bond acceptors (Lipinski definition) is 1. The second-order valence-corrected chi connectivity index (χ2v) is 7.93. The van der Waals surface area contributed by atoms with Crippen LogP contribution in [0.25, 0.3) is 0 Å². The molecular formula is C24H38F3NO. The van der Waals surface area contributed by atoms with Gasteiger partial charge in [0.15, 0.2) is 0 Å². The molecule has 1 aromatic carbocycles. The standard InChI is InChI=1S/C24H38F3NO/c1-2-3-4-5-6-7-8-9-10-11-12-13-14-15-20-28-23(29)21-16-18-22(19-17-21)24(25,26)27/h16-19H,2-15,20H2,1H3,(H,28,29). The third-order valence-electron chi connectivity index (χ3n) is 5.29. The van der Waals surface area contributed by atoms with E-state index in [1.807, 2.05) is 0 Å². The number of alkyl halides is 3. The van der Waals surface area contributed by atoms with Crippen LogP contribution >= 0.6 is 0 Å². The monoisotopic (exact) mass is 413 g/mol. The van der Waals surface area contributed by atoms with Crippen molar-refractivity contribution < 1.29 is 18.0 Å². The Morgan fingerprint density at radius 3 is 1.55 bits per heavy atom. The Morgan fingerprint density at radius 1 is 0.724 bits per heavy atom. The normalized spacial score (nSPS) is 11.6. The molecule has 2 nitrogen and oxygen atoms in total. The Hall–Kier alpha value is -1.52. The molecule has 0 bridgehead atoms. The predicted octanol–water partition coefficient (Wildman–Crippen LogP) is 7.92. The van der Waals surface area contributed by atoms with Crippen molar-refractivity contribution in [2.45, 2.75) is 103 Å². The number of nitrogens with one attached hydrogen (secondary N) is 1. The van der Waals surface area contributed by atoms with Gasteiger partial charge in [-0.25, -0.2) is 0 Å². The highest BCUT2D eigenvalue weighted by molar-refractivity contribution is 5.94. The van der Waals surface area contributed by atoms with E-state index >= 15 is 0 Å². The third kappa shape index (κ3) is 12.6. The van der Waals surface area contributed by atoms with Crippen LogP contribution in [0.4, 0.5) is 13.2 Å². The molecule has 0 fully saturated rings. The van der Waals surface area contributed by atoms with E-state index in [-0.39, 0.29) is 11.5 Å². The number of amides is 1. The van der Waals surface area contributed by atoms with Gasteiger partial charge in [-0.15, -0.1) is 0 Å². The van der Waals surface area contributed by atoms with Crippen molar-refractivity contribution in [2.75, 3.05) is 6.54 Å². The highest BCUT2D eigenvalue weighted by Crippen LogP contribution is 2.29. The second kappa shape index (κ2) is 15.3. The maximum Gasteiger partial charge on any atom is 0.416 e. The Morgan fingerprint density at radius 2 is 1.14 bits per heavy atom. The highest BCUT2D eigenvalue weighted by atomic mass is 19.4. The lowest BCUT2D eigenvalue weighted by Crippen LogP contribution is -2.24. The van der Waals surface area contributed by atoms with Crippen LogP contribution < -0.4 is 5.32 Å². The van der Waals surface area contributed by atoms with Gasteiger partial charge in [0.1, 0.15) is 0 Å². The van der Waals surface area contributed by atoms with Gasteiger partial charge in [-0.3, -0.25) is 4.79 Å². The number of unbranched alkanes of at least 4 members (excludes halogenated alkanes) is 13. The maximum absolute atomic E-state index is 12.5. The molecule has 0 atom stereocenters. The summed E-state index contributed by atoms with van der Waals surface area (Å²) in [5.74, 6) is -0.312. The zero-order chi connectivity index (χ0) is 21.4. The van der Waals surface area contributed by atoms with Crippen molar-refractivity contribution >= 4 is 5.91 Å². The van der Waals surface area contributed by atoms with Crippen LogP contribution in [-0.4, -0.2) is 12.5 Å². The zero-order valence-electron chi connectivity index (χ0n) is 18.0. The smallest absolute Gasteiger partial charge is 0.352 e. The summed E-state index contributed by atoms with van der Waals surface area (Å²) in [6.07, 6.45) is 13.6. The molecule has 1 amide bonds. The van der Waals surface area contributed by atoms with Crippen LogP contribution in [0.1, 0.15) is 113 Å². The van der Waals surface area contributed by atoms with E-state index in [0.717, 1.165) is 25.0 Å². The van der Waals surface area contributed by atoms with E-state index in [4.69, 9.17) is 0 Å². The summed E-state index contributed by atoms with van der Waals surface area (Å²) in [7, 11) is 0. The summed E-state index contributed by atoms with van der Waals surface area (Å²) in [4.78, 5) is 11.9. The zero-order valence-corrected chi connectivity index (χ0v) is 18.0. The van der Waals surface area contributed by atoms with Crippen molar-refractivity contribution in [3.8, 4) is 0 Å². The minimum atomic E-state index is -4.37. The van der Waals surface area contributed by atoms with Gasteiger partial charge in [0.05, 0.1) is 5.56 Å². The fraction of sp³-hybridized carbons (Fsp3) is 0.708. The molecule has 166 valence electrons. The molecule has 0 unspecified atom stereocenters. The summed E-state index contributed by atoms with van der Waals surface area (Å²) < 4.78 is 37.6. The minimum absolute atomic E-state index is 0.267. The van der Waals surface area contributed by atoms with Crippen molar-refractivity contribution in [3.63, 3.8) is 0 Å². The molecule has 0 saturated heterocycles. The number of carbonyl (C=O) groups is 1. The second-order valence-electron chi connectivity index (χ2n) is 7.93. The number of halogens is 3. The maximum atomic E-state index is 12.5. The average molecular weight is 414 g/mol. The molecule has 0 heterocycles. The van der Waals surface area contributed by atoms with Gasteiger partial charge in [0, 0.05) is 12.1 Å². The Kier molecular flexibility index (Phi) is 13.5. The van der Waals surface area contributed by atoms with E-state index in [0.29, 0.717) is 6.54 Å². The molecule has 1 N–H and O–H groups in total. The van der Waals surface area contributed by atoms with Crippen LogP contribution in [0.15, 0.2) is 24.3 Å². The van der Waals surface area contributed by atoms with Gasteiger partial charge in [0.2, 0.25) is 0 Å². The molecule has 0 aliphatic heterocycles. The summed E-state index contributed by atoms with van der Waals surface area (Å²) >= 11 is 0. The van der Waals surface area contributed by atoms with Gasteiger partial charge in [0.25, 0.3) is 5.91 Å². The van der Waals surface area contributed by atoms with Crippen molar-refractivity contribution in [3.05, 3.63) is 35.4 Å². The van der Waals surface area contributed by atoms with Crippen molar-refractivity contribution in [1.29, 1.82) is 0 Å². The lowest BCUT2D eigenvalue weighted by Gasteiger charge is -2.08. The SMILES string of the molecule is CCCCCCCCCCCCCCCCNC(=O)c1ccc(C(F)(F)F)cc1. The van der Waals surface area contributed by atoms with Crippen molar-refractivity contribution in [1.82, 2.24) is 5.32 Å². The van der Waals surface area contributed by atoms with Crippen LogP contribution in [0.2, 0.25) is 0 Å². The topological polar surface area (TPSA) is 29.1 Å². The quantitative estimate of drug-likeness (QED) is 0.274. The molecule has 0 aliphatic carbocycles. The van der Waals surface area contributed by atoms with Gasteiger partial charge in [-0.05, 0) is 30.7 Å². The van der Waals surface area contributed by atoms with Crippen LogP contribution in [0, 0.1) is 0 Å². The molecule has 0 spiro atoms. The summed E-state index contributed by atoms with van der Waals surface area (Å²) in [5.41, 5.74) is -0.468. The lowest BCUT2D eigenvalue weighted by molar-refractivity contribution is -0.137. The Balaban J connectivity index is 1.93. The molecule has 1 aromatic rings. The largest absolute Gasteiger partial charge is 0.416 e. The molecule has 5 heteroatoms. The Bertz CT molecular complexity index is 540. The highest BCUT2D eigenvalue weighted by Gasteiger charge is 2.30. The first-order chi connectivity index (χ1) is 13.9. The number of carbonyl (C=O) groups excluding carboxylic acids is 1. The molecule has 0 radical (unpaired) electrons. The van der Waals surface area contributed by atoms with Crippen LogP contribution in [0.5, 0.6) is 0 Å². The molecule has 1 rings (SSSR count). The third-order valence-corrected chi connectivity index (χ3v) is 5.29. The van der Waals surface area contributed by atoms with E-state index in [9.17, 15) is 18.0 Å². The first-order valence-corrected chi connectivity index (χ1v) is 11.4. The number of rotatable bonds is 16. The first kappa shape index (κ1) is 25.5. The van der Waals surface area contributed by atoms with E-state index in [1.165, 1.54) is 89.2 Å². The summed E-state index contributed by atoms with van der Waals surface area (Å²) in [6.45, 7) is 2.82. The average Bonchev–Trinajstić information content (AvgIpc) is 2.70. The van der Waals surface area contributed by atoms with Gasteiger partial charge in [-0.2, -0.15) is 13.2 Å². The van der Waals surface area contributed by atoms with Gasteiger partial charge < -0.3 is 5.32 Å². The van der Waals surface area contributed by atoms with Crippen molar-refractivity contribution in [2.24, 2.45) is 0 Å². The van der Waals surface area contributed by atoms with E-state index < -0.39 is 11.7 Å². The fourth-order valence-electron chi connectivity index (χ4n) is 3.43. The van der Waals surface area contributed by atoms with Gasteiger partial charge >= 0.3 is 6.18 Å². The molecule has 29 heavy (non-hydrogen) atoms. The fourth-order valence-corrected chi connectivity index (χ4v) is 3.43. The molecule has 0 aliphatic rings. The van der Waals surface area contributed by atoms with E-state index in [2.05, 4.69) is 12.2 Å².